The van der Waals surface area contributed by atoms with E-state index in [0.29, 0.717) is 12.2 Å². The number of halogens is 3. The molecule has 0 saturated heterocycles. The molecule has 0 aliphatic heterocycles. The molecule has 1 atom stereocenters. The Bertz CT molecular complexity index is 581. The van der Waals surface area contributed by atoms with Crippen LogP contribution in [0, 0.1) is 17.5 Å². The first kappa shape index (κ1) is 13.6. The summed E-state index contributed by atoms with van der Waals surface area (Å²) in [5.74, 6) is -3.84. The number of benzene rings is 1. The van der Waals surface area contributed by atoms with Crippen LogP contribution < -0.4 is 5.32 Å². The van der Waals surface area contributed by atoms with Crippen LogP contribution in [-0.4, -0.2) is 16.3 Å². The second-order valence-electron chi connectivity index (χ2n) is 4.17. The molecule has 1 heterocycles. The van der Waals surface area contributed by atoms with Gasteiger partial charge in [0.05, 0.1) is 11.7 Å². The molecule has 0 aliphatic rings. The number of rotatable bonds is 4. The van der Waals surface area contributed by atoms with Crippen LogP contribution in [0.25, 0.3) is 0 Å². The maximum atomic E-state index is 13.8. The number of aromatic nitrogens is 2. The van der Waals surface area contributed by atoms with Crippen LogP contribution in [0.2, 0.25) is 0 Å². The maximum absolute atomic E-state index is 13.8. The molecule has 6 heteroatoms. The van der Waals surface area contributed by atoms with Crippen molar-refractivity contribution in [3.05, 3.63) is 53.1 Å². The standard InChI is InChI=1S/C13H14F3N3/c1-3-17-13(10-6-7-19(2)18-10)8-4-5-9(14)12(16)11(8)15/h4-7,13,17H,3H2,1-2H3. The Morgan fingerprint density at radius 1 is 1.21 bits per heavy atom. The van der Waals surface area contributed by atoms with Crippen LogP contribution in [0.5, 0.6) is 0 Å². The Morgan fingerprint density at radius 2 is 1.95 bits per heavy atom. The van der Waals surface area contributed by atoms with Gasteiger partial charge in [0.15, 0.2) is 17.5 Å². The smallest absolute Gasteiger partial charge is 0.194 e. The molecule has 1 unspecified atom stereocenters. The molecular formula is C13H14F3N3. The molecule has 1 aromatic heterocycles. The number of aryl methyl sites for hydroxylation is 1. The molecule has 2 aromatic rings. The summed E-state index contributed by atoms with van der Waals surface area (Å²) in [4.78, 5) is 0. The predicted molar refractivity (Wildman–Crippen MR) is 65.0 cm³/mol. The lowest BCUT2D eigenvalue weighted by Gasteiger charge is -2.17. The number of hydrogen-bond acceptors (Lipinski definition) is 2. The highest BCUT2D eigenvalue weighted by molar-refractivity contribution is 5.30. The minimum absolute atomic E-state index is 0.0412. The van der Waals surface area contributed by atoms with Crippen molar-refractivity contribution in [2.24, 2.45) is 7.05 Å². The Morgan fingerprint density at radius 3 is 2.53 bits per heavy atom. The van der Waals surface area contributed by atoms with Crippen molar-refractivity contribution in [2.75, 3.05) is 6.54 Å². The molecule has 0 aliphatic carbocycles. The van der Waals surface area contributed by atoms with Gasteiger partial charge < -0.3 is 5.32 Å². The molecule has 1 N–H and O–H groups in total. The fourth-order valence-corrected chi connectivity index (χ4v) is 1.93. The quantitative estimate of drug-likeness (QED) is 0.864. The third-order valence-electron chi connectivity index (χ3n) is 2.81. The molecule has 3 nitrogen and oxygen atoms in total. The number of nitrogens with one attached hydrogen (secondary N) is 1. The Labute approximate surface area is 109 Å². The normalized spacial score (nSPS) is 12.7. The zero-order valence-corrected chi connectivity index (χ0v) is 10.6. The van der Waals surface area contributed by atoms with E-state index in [4.69, 9.17) is 0 Å². The first-order valence-electron chi connectivity index (χ1n) is 5.91. The molecular weight excluding hydrogens is 255 g/mol. The molecule has 2 rings (SSSR count). The first-order valence-corrected chi connectivity index (χ1v) is 5.91. The zero-order valence-electron chi connectivity index (χ0n) is 10.6. The van der Waals surface area contributed by atoms with Gasteiger partial charge >= 0.3 is 0 Å². The highest BCUT2D eigenvalue weighted by Crippen LogP contribution is 2.25. The van der Waals surface area contributed by atoms with E-state index >= 15 is 0 Å². The van der Waals surface area contributed by atoms with Crippen molar-refractivity contribution < 1.29 is 13.2 Å². The minimum atomic E-state index is -1.46. The van der Waals surface area contributed by atoms with Crippen molar-refractivity contribution in [2.45, 2.75) is 13.0 Å². The topological polar surface area (TPSA) is 29.9 Å². The van der Waals surface area contributed by atoms with Gasteiger partial charge in [-0.25, -0.2) is 13.2 Å². The monoisotopic (exact) mass is 269 g/mol. The van der Waals surface area contributed by atoms with Gasteiger partial charge in [-0.1, -0.05) is 13.0 Å². The van der Waals surface area contributed by atoms with E-state index in [1.807, 2.05) is 6.92 Å². The molecule has 0 bridgehead atoms. The molecule has 0 amide bonds. The number of hydrogen-bond donors (Lipinski definition) is 1. The van der Waals surface area contributed by atoms with E-state index in [2.05, 4.69) is 10.4 Å². The van der Waals surface area contributed by atoms with Gasteiger partial charge in [0.25, 0.3) is 0 Å². The van der Waals surface area contributed by atoms with E-state index in [9.17, 15) is 13.2 Å². The van der Waals surface area contributed by atoms with Crippen LogP contribution in [-0.2, 0) is 7.05 Å². The Kier molecular flexibility index (Phi) is 3.90. The molecule has 0 spiro atoms. The van der Waals surface area contributed by atoms with Gasteiger partial charge in [-0.15, -0.1) is 0 Å². The van der Waals surface area contributed by atoms with Crippen LogP contribution in [0.15, 0.2) is 24.4 Å². The molecule has 1 aromatic carbocycles. The van der Waals surface area contributed by atoms with E-state index in [1.54, 1.807) is 24.0 Å². The second-order valence-corrected chi connectivity index (χ2v) is 4.17. The molecule has 19 heavy (non-hydrogen) atoms. The van der Waals surface area contributed by atoms with Gasteiger partial charge in [-0.05, 0) is 18.7 Å². The fraction of sp³-hybridized carbons (Fsp3) is 0.308. The predicted octanol–water partition coefficient (Wildman–Crippen LogP) is 2.54. The SMILES string of the molecule is CCNC(c1ccn(C)n1)c1ccc(F)c(F)c1F. The minimum Gasteiger partial charge on any atom is -0.305 e. The van der Waals surface area contributed by atoms with Crippen molar-refractivity contribution in [3.8, 4) is 0 Å². The third kappa shape index (κ3) is 2.63. The van der Waals surface area contributed by atoms with Crippen LogP contribution in [0.4, 0.5) is 13.2 Å². The summed E-state index contributed by atoms with van der Waals surface area (Å²) in [5, 5.41) is 7.18. The van der Waals surface area contributed by atoms with E-state index < -0.39 is 23.5 Å². The Balaban J connectivity index is 2.48. The summed E-state index contributed by atoms with van der Waals surface area (Å²) in [5.41, 5.74) is 0.591. The molecule has 102 valence electrons. The summed E-state index contributed by atoms with van der Waals surface area (Å²) in [6.07, 6.45) is 1.71. The summed E-state index contributed by atoms with van der Waals surface area (Å²) in [6, 6.07) is 3.24. The first-order chi connectivity index (χ1) is 9.04. The average Bonchev–Trinajstić information content (AvgIpc) is 2.81. The molecule has 0 fully saturated rings. The lowest BCUT2D eigenvalue weighted by Crippen LogP contribution is -2.24. The molecule has 0 radical (unpaired) electrons. The summed E-state index contributed by atoms with van der Waals surface area (Å²) >= 11 is 0. The van der Waals surface area contributed by atoms with Crippen molar-refractivity contribution in [1.82, 2.24) is 15.1 Å². The van der Waals surface area contributed by atoms with Crippen molar-refractivity contribution in [1.29, 1.82) is 0 Å². The maximum Gasteiger partial charge on any atom is 0.194 e. The summed E-state index contributed by atoms with van der Waals surface area (Å²) < 4.78 is 41.7. The highest BCUT2D eigenvalue weighted by Gasteiger charge is 2.23. The van der Waals surface area contributed by atoms with Gasteiger partial charge in [0.1, 0.15) is 0 Å². The van der Waals surface area contributed by atoms with E-state index in [1.165, 1.54) is 6.07 Å². The van der Waals surface area contributed by atoms with Gasteiger partial charge in [-0.2, -0.15) is 5.10 Å². The summed E-state index contributed by atoms with van der Waals surface area (Å²) in [6.45, 7) is 2.38. The van der Waals surface area contributed by atoms with E-state index in [-0.39, 0.29) is 5.56 Å². The fourth-order valence-electron chi connectivity index (χ4n) is 1.93. The van der Waals surface area contributed by atoms with Crippen molar-refractivity contribution >= 4 is 0 Å². The van der Waals surface area contributed by atoms with Gasteiger partial charge in [0, 0.05) is 18.8 Å². The molecule has 0 saturated carbocycles. The average molecular weight is 269 g/mol. The second kappa shape index (κ2) is 5.44. The Hall–Kier alpha value is -1.82. The summed E-state index contributed by atoms with van der Waals surface area (Å²) in [7, 11) is 1.73. The lowest BCUT2D eigenvalue weighted by molar-refractivity contribution is 0.432. The number of nitrogens with zero attached hydrogens (tertiary/aromatic N) is 2. The van der Waals surface area contributed by atoms with Gasteiger partial charge in [-0.3, -0.25) is 4.68 Å². The highest BCUT2D eigenvalue weighted by atomic mass is 19.2. The largest absolute Gasteiger partial charge is 0.305 e. The third-order valence-corrected chi connectivity index (χ3v) is 2.81. The lowest BCUT2D eigenvalue weighted by atomic mass is 10.0. The van der Waals surface area contributed by atoms with Crippen molar-refractivity contribution in [3.63, 3.8) is 0 Å². The van der Waals surface area contributed by atoms with Crippen LogP contribution in [0.1, 0.15) is 24.2 Å². The van der Waals surface area contributed by atoms with Crippen LogP contribution in [0.3, 0.4) is 0 Å². The van der Waals surface area contributed by atoms with Crippen LogP contribution >= 0.6 is 0 Å². The van der Waals surface area contributed by atoms with E-state index in [0.717, 1.165) is 6.07 Å². The van der Waals surface area contributed by atoms with Gasteiger partial charge in [0.2, 0.25) is 0 Å². The zero-order chi connectivity index (χ0) is 14.0.